The van der Waals surface area contributed by atoms with E-state index in [1.165, 1.54) is 0 Å². The lowest BCUT2D eigenvalue weighted by Gasteiger charge is -2.16. The van der Waals surface area contributed by atoms with E-state index in [0.29, 0.717) is 0 Å². The van der Waals surface area contributed by atoms with E-state index in [0.717, 1.165) is 0 Å². The Morgan fingerprint density at radius 3 is 2.57 bits per heavy atom. The van der Waals surface area contributed by atoms with Crippen molar-refractivity contribution in [2.75, 3.05) is 12.3 Å². The van der Waals surface area contributed by atoms with Crippen LogP contribution in [-0.4, -0.2) is 58.4 Å². The first kappa shape index (κ1) is 21.0. The third kappa shape index (κ3) is 9.58. The van der Waals surface area contributed by atoms with Crippen LogP contribution in [0.4, 0.5) is 0 Å². The van der Waals surface area contributed by atoms with Crippen LogP contribution in [0.25, 0.3) is 0 Å². The number of nitrogens with one attached hydrogen (secondary N) is 2. The average Bonchev–Trinajstić information content (AvgIpc) is 2.52. The van der Waals surface area contributed by atoms with E-state index < -0.39 is 42.4 Å². The van der Waals surface area contributed by atoms with E-state index in [1.807, 2.05) is 5.16 Å². The van der Waals surface area contributed by atoms with Gasteiger partial charge in [0.1, 0.15) is 23.8 Å². The number of isothiocyanates is 1. The number of carboxylic acids is 1. The molecule has 0 aromatic carbocycles. The lowest BCUT2D eigenvalue weighted by Crippen LogP contribution is -2.49. The summed E-state index contributed by atoms with van der Waals surface area (Å²) in [5, 5.41) is 17.7. The van der Waals surface area contributed by atoms with Gasteiger partial charge in [-0.05, 0) is 23.8 Å². The number of aliphatic carboxylic acids is 1. The molecule has 0 aliphatic heterocycles. The molecule has 10 nitrogen and oxygen atoms in total. The summed E-state index contributed by atoms with van der Waals surface area (Å²) in [6, 6.07) is -2.10. The Morgan fingerprint density at radius 1 is 1.39 bits per heavy atom. The monoisotopic (exact) mass is 364 g/mol. The van der Waals surface area contributed by atoms with Gasteiger partial charge in [0.25, 0.3) is 0 Å². The highest BCUT2D eigenvalue weighted by atomic mass is 32.1. The van der Waals surface area contributed by atoms with Crippen molar-refractivity contribution in [2.45, 2.75) is 24.9 Å². The number of hydrogen-bond acceptors (Lipinski definition) is 9. The normalized spacial score (nSPS) is 12.3. The molecule has 2 atom stereocenters. The molecule has 0 aliphatic carbocycles. The molecular weight excluding hydrogens is 348 g/mol. The zero-order valence-corrected chi connectivity index (χ0v) is 13.6. The Kier molecular flexibility index (Phi) is 10.5. The van der Waals surface area contributed by atoms with Gasteiger partial charge in [-0.1, -0.05) is 0 Å². The van der Waals surface area contributed by atoms with Crippen LogP contribution in [0.5, 0.6) is 0 Å². The fourth-order valence-electron chi connectivity index (χ4n) is 1.28. The molecule has 0 bridgehead atoms. The molecule has 0 saturated heterocycles. The number of hydrogen-bond donors (Lipinski definition) is 5. The number of carbonyl (C=O) groups is 4. The average molecular weight is 364 g/mol. The number of thiocarbonyl (C=S) groups is 1. The second kappa shape index (κ2) is 11.5. The zero-order valence-electron chi connectivity index (χ0n) is 11.9. The molecule has 0 aromatic heterocycles. The SMILES string of the molecule is NC(CCC(=O)NC(CS)C(=O)NCC(=O)O)C(=O)ON=C=S. The molecular formula is C11H16N4O6S2. The van der Waals surface area contributed by atoms with Gasteiger partial charge in [0, 0.05) is 12.2 Å². The first-order valence-electron chi connectivity index (χ1n) is 6.25. The topological polar surface area (TPSA) is 160 Å². The van der Waals surface area contributed by atoms with Crippen molar-refractivity contribution in [3.63, 3.8) is 0 Å². The summed E-state index contributed by atoms with van der Waals surface area (Å²) in [7, 11) is 0. The summed E-state index contributed by atoms with van der Waals surface area (Å²) < 4.78 is 0. The van der Waals surface area contributed by atoms with Crippen LogP contribution in [0.15, 0.2) is 5.16 Å². The first-order valence-corrected chi connectivity index (χ1v) is 7.29. The quantitative estimate of drug-likeness (QED) is 0.100. The molecule has 23 heavy (non-hydrogen) atoms. The minimum absolute atomic E-state index is 0.0331. The van der Waals surface area contributed by atoms with Crippen LogP contribution in [-0.2, 0) is 24.0 Å². The van der Waals surface area contributed by atoms with Gasteiger partial charge >= 0.3 is 11.9 Å². The molecule has 0 spiro atoms. The van der Waals surface area contributed by atoms with E-state index in [-0.39, 0.29) is 18.6 Å². The fourth-order valence-corrected chi connectivity index (χ4v) is 1.58. The minimum Gasteiger partial charge on any atom is -0.480 e. The molecule has 2 unspecified atom stereocenters. The third-order valence-corrected chi connectivity index (χ3v) is 2.85. The van der Waals surface area contributed by atoms with Crippen molar-refractivity contribution in [3.05, 3.63) is 0 Å². The number of nitrogens with two attached hydrogens (primary N) is 1. The Labute approximate surface area is 142 Å². The standard InChI is InChI=1S/C11H16N4O6S2/c12-6(11(20)21-14-5-23)1-2-8(16)15-7(4-22)10(19)13-3-9(17)18/h6-7,22H,1-4,12H2,(H,13,19)(H,15,16)(H,17,18). The van der Waals surface area contributed by atoms with Crippen molar-refractivity contribution in [1.29, 1.82) is 0 Å². The molecule has 12 heteroatoms. The second-order valence-corrected chi connectivity index (χ2v) is 4.70. The van der Waals surface area contributed by atoms with Crippen LogP contribution < -0.4 is 16.4 Å². The number of nitrogens with zero attached hydrogens (tertiary/aromatic N) is 1. The van der Waals surface area contributed by atoms with E-state index in [4.69, 9.17) is 10.8 Å². The van der Waals surface area contributed by atoms with E-state index in [2.05, 4.69) is 45.5 Å². The first-order chi connectivity index (χ1) is 10.8. The molecule has 0 aromatic rings. The predicted octanol–water partition coefficient (Wildman–Crippen LogP) is -1.73. The molecule has 0 rings (SSSR count). The van der Waals surface area contributed by atoms with Gasteiger partial charge < -0.3 is 26.3 Å². The van der Waals surface area contributed by atoms with E-state index in [9.17, 15) is 19.2 Å². The summed E-state index contributed by atoms with van der Waals surface area (Å²) in [6.07, 6.45) is -0.207. The van der Waals surface area contributed by atoms with Crippen molar-refractivity contribution in [1.82, 2.24) is 10.6 Å². The highest BCUT2D eigenvalue weighted by Crippen LogP contribution is 1.99. The molecule has 0 radical (unpaired) electrons. The van der Waals surface area contributed by atoms with Gasteiger partial charge in [0.05, 0.1) is 0 Å². The molecule has 0 saturated carbocycles. The lowest BCUT2D eigenvalue weighted by molar-refractivity contribution is -0.145. The maximum absolute atomic E-state index is 11.7. The molecule has 128 valence electrons. The van der Waals surface area contributed by atoms with Gasteiger partial charge in [-0.15, -0.1) is 0 Å². The highest BCUT2D eigenvalue weighted by Gasteiger charge is 2.21. The summed E-state index contributed by atoms with van der Waals surface area (Å²) in [5.74, 6) is -3.37. The van der Waals surface area contributed by atoms with Gasteiger partial charge in [-0.2, -0.15) is 12.6 Å². The molecule has 2 amide bonds. The zero-order chi connectivity index (χ0) is 17.8. The molecule has 0 aliphatic rings. The fraction of sp³-hybridized carbons (Fsp3) is 0.545. The lowest BCUT2D eigenvalue weighted by atomic mass is 10.1. The maximum Gasteiger partial charge on any atom is 0.352 e. The van der Waals surface area contributed by atoms with Crippen LogP contribution in [0.1, 0.15) is 12.8 Å². The van der Waals surface area contributed by atoms with Crippen LogP contribution in [0.2, 0.25) is 0 Å². The second-order valence-electron chi connectivity index (χ2n) is 4.15. The number of rotatable bonds is 10. The summed E-state index contributed by atoms with van der Waals surface area (Å²) in [6.45, 7) is -0.573. The summed E-state index contributed by atoms with van der Waals surface area (Å²) >= 11 is 8.11. The molecule has 0 fully saturated rings. The highest BCUT2D eigenvalue weighted by molar-refractivity contribution is 7.80. The van der Waals surface area contributed by atoms with Crippen molar-refractivity contribution in [3.8, 4) is 0 Å². The summed E-state index contributed by atoms with van der Waals surface area (Å²) in [5.41, 5.74) is 5.47. The van der Waals surface area contributed by atoms with Crippen molar-refractivity contribution < 1.29 is 29.1 Å². The Hall–Kier alpha value is -2.01. The molecule has 5 N–H and O–H groups in total. The Bertz CT molecular complexity index is 509. The number of amides is 2. The minimum atomic E-state index is -1.22. The van der Waals surface area contributed by atoms with Crippen LogP contribution in [0.3, 0.4) is 0 Å². The Morgan fingerprint density at radius 2 is 2.04 bits per heavy atom. The number of carboxylic acid groups (broad SMARTS) is 1. The van der Waals surface area contributed by atoms with Gasteiger partial charge in [-0.3, -0.25) is 14.4 Å². The maximum atomic E-state index is 11.7. The van der Waals surface area contributed by atoms with Crippen LogP contribution in [0, 0.1) is 0 Å². The van der Waals surface area contributed by atoms with Crippen molar-refractivity contribution in [2.24, 2.45) is 10.9 Å². The van der Waals surface area contributed by atoms with E-state index in [1.54, 1.807) is 0 Å². The smallest absolute Gasteiger partial charge is 0.352 e. The number of thiol groups is 1. The largest absolute Gasteiger partial charge is 0.480 e. The third-order valence-electron chi connectivity index (χ3n) is 2.41. The predicted molar refractivity (Wildman–Crippen MR) is 84.8 cm³/mol. The van der Waals surface area contributed by atoms with Gasteiger partial charge in [0.15, 0.2) is 0 Å². The van der Waals surface area contributed by atoms with Gasteiger partial charge in [-0.25, -0.2) is 4.79 Å². The number of carbonyl (C=O) groups excluding carboxylic acids is 3. The van der Waals surface area contributed by atoms with E-state index >= 15 is 0 Å². The van der Waals surface area contributed by atoms with Gasteiger partial charge in [0.2, 0.25) is 11.8 Å². The van der Waals surface area contributed by atoms with Crippen LogP contribution >= 0.6 is 24.8 Å². The summed E-state index contributed by atoms with van der Waals surface area (Å²) in [4.78, 5) is 49.2. The Balaban J connectivity index is 4.29. The van der Waals surface area contributed by atoms with Crippen molar-refractivity contribution >= 4 is 53.8 Å². The molecule has 0 heterocycles.